The third-order valence-electron chi connectivity index (χ3n) is 3.14. The van der Waals surface area contributed by atoms with Crippen LogP contribution in [0.15, 0.2) is 36.5 Å². The zero-order valence-electron chi connectivity index (χ0n) is 14.3. The molecule has 1 aromatic carbocycles. The van der Waals surface area contributed by atoms with Gasteiger partial charge in [-0.25, -0.2) is 0 Å². The molecule has 0 aliphatic carbocycles. The fourth-order valence-electron chi connectivity index (χ4n) is 2.10. The van der Waals surface area contributed by atoms with Crippen molar-refractivity contribution >= 4 is 29.1 Å². The number of aromatic hydroxyl groups is 1. The first-order chi connectivity index (χ1) is 11.6. The molecule has 0 atom stereocenters. The van der Waals surface area contributed by atoms with Gasteiger partial charge in [0.05, 0.1) is 11.4 Å². The quantitative estimate of drug-likeness (QED) is 0.780. The van der Waals surface area contributed by atoms with Crippen molar-refractivity contribution < 1.29 is 14.7 Å². The number of rotatable bonds is 4. The molecule has 0 unspecified atom stereocenters. The Labute approximate surface area is 151 Å². The zero-order chi connectivity index (χ0) is 18.6. The van der Waals surface area contributed by atoms with Gasteiger partial charge in [-0.15, -0.1) is 0 Å². The summed E-state index contributed by atoms with van der Waals surface area (Å²) in [6.45, 7) is 5.62. The predicted molar refractivity (Wildman–Crippen MR) is 96.9 cm³/mol. The van der Waals surface area contributed by atoms with E-state index in [4.69, 9.17) is 11.6 Å². The monoisotopic (exact) mass is 361 g/mol. The fourth-order valence-corrected chi connectivity index (χ4v) is 2.21. The van der Waals surface area contributed by atoms with Crippen LogP contribution in [0.2, 0.25) is 5.02 Å². The van der Waals surface area contributed by atoms with Crippen molar-refractivity contribution in [3.63, 3.8) is 0 Å². The number of carbonyl (C=O) groups excluding carboxylic acids is 2. The van der Waals surface area contributed by atoms with Crippen LogP contribution in [0.1, 0.15) is 36.8 Å². The van der Waals surface area contributed by atoms with E-state index in [2.05, 4.69) is 15.6 Å². The number of anilines is 1. The SMILES string of the molecule is CC(C)(C)NC(=O)c1cc(NC(=O)Cc2ccc(Cl)c(O)c2)ccn1. The number of amides is 2. The molecule has 0 radical (unpaired) electrons. The second kappa shape index (κ2) is 7.53. The highest BCUT2D eigenvalue weighted by atomic mass is 35.5. The Morgan fingerprint density at radius 2 is 1.92 bits per heavy atom. The van der Waals surface area contributed by atoms with Crippen molar-refractivity contribution in [2.75, 3.05) is 5.32 Å². The molecule has 0 bridgehead atoms. The number of phenolic OH excluding ortho intramolecular Hbond substituents is 1. The van der Waals surface area contributed by atoms with Gasteiger partial charge in [0.15, 0.2) is 0 Å². The summed E-state index contributed by atoms with van der Waals surface area (Å²) in [7, 11) is 0. The first-order valence-electron chi connectivity index (χ1n) is 7.70. The number of hydrogen-bond acceptors (Lipinski definition) is 4. The molecule has 1 heterocycles. The Balaban J connectivity index is 2.04. The van der Waals surface area contributed by atoms with Crippen LogP contribution in [0.25, 0.3) is 0 Å². The first-order valence-corrected chi connectivity index (χ1v) is 8.08. The van der Waals surface area contributed by atoms with Crippen LogP contribution in [-0.4, -0.2) is 27.4 Å². The maximum atomic E-state index is 12.1. The van der Waals surface area contributed by atoms with Crippen LogP contribution < -0.4 is 10.6 Å². The van der Waals surface area contributed by atoms with E-state index in [1.165, 1.54) is 24.4 Å². The van der Waals surface area contributed by atoms with Gasteiger partial charge in [0.25, 0.3) is 5.91 Å². The van der Waals surface area contributed by atoms with E-state index >= 15 is 0 Å². The van der Waals surface area contributed by atoms with Gasteiger partial charge in [0.1, 0.15) is 11.4 Å². The zero-order valence-corrected chi connectivity index (χ0v) is 15.0. The molecule has 25 heavy (non-hydrogen) atoms. The van der Waals surface area contributed by atoms with Gasteiger partial charge in [-0.3, -0.25) is 14.6 Å². The van der Waals surface area contributed by atoms with Gasteiger partial charge in [0, 0.05) is 17.4 Å². The fraction of sp³-hybridized carbons (Fsp3) is 0.278. The molecule has 2 rings (SSSR count). The van der Waals surface area contributed by atoms with E-state index < -0.39 is 0 Å². The Bertz CT molecular complexity index is 800. The van der Waals surface area contributed by atoms with E-state index in [1.807, 2.05) is 20.8 Å². The molecular formula is C18H20ClN3O3. The standard InChI is InChI=1S/C18H20ClN3O3/c1-18(2,3)22-17(25)14-10-12(6-7-20-14)21-16(24)9-11-4-5-13(19)15(23)8-11/h4-8,10,23H,9H2,1-3H3,(H,22,25)(H,20,21,24). The van der Waals surface area contributed by atoms with E-state index in [0.29, 0.717) is 11.3 Å². The highest BCUT2D eigenvalue weighted by molar-refractivity contribution is 6.32. The minimum absolute atomic E-state index is 0.0660. The summed E-state index contributed by atoms with van der Waals surface area (Å²) in [5.74, 6) is -0.668. The second-order valence-electron chi connectivity index (χ2n) is 6.64. The third kappa shape index (κ3) is 5.76. The summed E-state index contributed by atoms with van der Waals surface area (Å²) in [5.41, 5.74) is 0.933. The number of aromatic nitrogens is 1. The average Bonchev–Trinajstić information content (AvgIpc) is 2.49. The summed E-state index contributed by atoms with van der Waals surface area (Å²) in [4.78, 5) is 28.3. The molecule has 2 aromatic rings. The van der Waals surface area contributed by atoms with E-state index in [0.717, 1.165) is 0 Å². The molecule has 0 saturated carbocycles. The van der Waals surface area contributed by atoms with Crippen molar-refractivity contribution in [3.8, 4) is 5.75 Å². The summed E-state index contributed by atoms with van der Waals surface area (Å²) in [5, 5.41) is 15.3. The number of benzene rings is 1. The van der Waals surface area contributed by atoms with Crippen LogP contribution in [0.4, 0.5) is 5.69 Å². The topological polar surface area (TPSA) is 91.3 Å². The Hall–Kier alpha value is -2.60. The molecule has 7 heteroatoms. The smallest absolute Gasteiger partial charge is 0.270 e. The van der Waals surface area contributed by atoms with Crippen LogP contribution in [0, 0.1) is 0 Å². The molecule has 0 aliphatic heterocycles. The van der Waals surface area contributed by atoms with Crippen LogP contribution in [0.3, 0.4) is 0 Å². The van der Waals surface area contributed by atoms with Crippen molar-refractivity contribution in [1.82, 2.24) is 10.3 Å². The third-order valence-corrected chi connectivity index (χ3v) is 3.46. The lowest BCUT2D eigenvalue weighted by Gasteiger charge is -2.20. The Kier molecular flexibility index (Phi) is 5.64. The molecule has 0 spiro atoms. The van der Waals surface area contributed by atoms with Crippen LogP contribution in [-0.2, 0) is 11.2 Å². The number of hydrogen-bond donors (Lipinski definition) is 3. The van der Waals surface area contributed by atoms with Gasteiger partial charge in [-0.1, -0.05) is 17.7 Å². The molecule has 2 amide bonds. The number of phenols is 1. The maximum Gasteiger partial charge on any atom is 0.270 e. The number of pyridine rings is 1. The Morgan fingerprint density at radius 3 is 2.56 bits per heavy atom. The van der Waals surface area contributed by atoms with Crippen molar-refractivity contribution in [2.24, 2.45) is 0 Å². The molecule has 6 nitrogen and oxygen atoms in total. The molecule has 0 aliphatic rings. The van der Waals surface area contributed by atoms with Gasteiger partial charge < -0.3 is 15.7 Å². The summed E-state index contributed by atoms with van der Waals surface area (Å²) in [6, 6.07) is 7.75. The highest BCUT2D eigenvalue weighted by Crippen LogP contribution is 2.24. The molecule has 0 saturated heterocycles. The number of halogens is 1. The van der Waals surface area contributed by atoms with Crippen molar-refractivity contribution in [1.29, 1.82) is 0 Å². The largest absolute Gasteiger partial charge is 0.506 e. The van der Waals surface area contributed by atoms with E-state index in [9.17, 15) is 14.7 Å². The number of carbonyl (C=O) groups is 2. The molecule has 1 aromatic heterocycles. The first kappa shape index (κ1) is 18.7. The van der Waals surface area contributed by atoms with E-state index in [1.54, 1.807) is 12.1 Å². The molecular weight excluding hydrogens is 342 g/mol. The lowest BCUT2D eigenvalue weighted by atomic mass is 10.1. The van der Waals surface area contributed by atoms with Gasteiger partial charge in [-0.05, 0) is 50.6 Å². The van der Waals surface area contributed by atoms with Gasteiger partial charge in [0.2, 0.25) is 5.91 Å². The average molecular weight is 362 g/mol. The van der Waals surface area contributed by atoms with Crippen LogP contribution >= 0.6 is 11.6 Å². The lowest BCUT2D eigenvalue weighted by molar-refractivity contribution is -0.115. The van der Waals surface area contributed by atoms with Crippen LogP contribution in [0.5, 0.6) is 5.75 Å². The lowest BCUT2D eigenvalue weighted by Crippen LogP contribution is -2.40. The summed E-state index contributed by atoms with van der Waals surface area (Å²) < 4.78 is 0. The molecule has 132 valence electrons. The Morgan fingerprint density at radius 1 is 1.20 bits per heavy atom. The van der Waals surface area contributed by atoms with Crippen molar-refractivity contribution in [2.45, 2.75) is 32.7 Å². The van der Waals surface area contributed by atoms with Crippen molar-refractivity contribution in [3.05, 3.63) is 52.8 Å². The maximum absolute atomic E-state index is 12.1. The minimum atomic E-state index is -0.380. The summed E-state index contributed by atoms with van der Waals surface area (Å²) >= 11 is 5.74. The second-order valence-corrected chi connectivity index (χ2v) is 7.05. The minimum Gasteiger partial charge on any atom is -0.506 e. The molecule has 3 N–H and O–H groups in total. The number of nitrogens with one attached hydrogen (secondary N) is 2. The van der Waals surface area contributed by atoms with Gasteiger partial charge >= 0.3 is 0 Å². The van der Waals surface area contributed by atoms with Gasteiger partial charge in [-0.2, -0.15) is 0 Å². The van der Waals surface area contributed by atoms with E-state index in [-0.39, 0.29) is 40.2 Å². The number of nitrogens with zero attached hydrogens (tertiary/aromatic N) is 1. The molecule has 0 fully saturated rings. The normalized spacial score (nSPS) is 11.0. The highest BCUT2D eigenvalue weighted by Gasteiger charge is 2.17. The predicted octanol–water partition coefficient (Wildman–Crippen LogP) is 3.15. The summed E-state index contributed by atoms with van der Waals surface area (Å²) in [6.07, 6.45) is 1.53.